The molecule has 0 saturated carbocycles. The monoisotopic (exact) mass is 287 g/mol. The van der Waals surface area contributed by atoms with Crippen molar-refractivity contribution in [1.29, 1.82) is 0 Å². The first-order valence-corrected chi connectivity index (χ1v) is 6.05. The van der Waals surface area contributed by atoms with Crippen molar-refractivity contribution in [2.75, 3.05) is 5.32 Å². The minimum absolute atomic E-state index is 0.0506. The van der Waals surface area contributed by atoms with Crippen LogP contribution in [0.1, 0.15) is 26.3 Å². The fraction of sp³-hybridized carbons (Fsp3) is 0.0667. The van der Waals surface area contributed by atoms with E-state index in [1.165, 1.54) is 24.3 Å². The molecule has 6 nitrogen and oxygen atoms in total. The largest absolute Gasteiger partial charge is 0.508 e. The zero-order valence-corrected chi connectivity index (χ0v) is 11.1. The minimum atomic E-state index is -1.10. The average molecular weight is 287 g/mol. The molecule has 21 heavy (non-hydrogen) atoms. The number of aromatic carboxylic acids is 1. The van der Waals surface area contributed by atoms with E-state index in [-0.39, 0.29) is 22.6 Å². The molecule has 6 heteroatoms. The second-order valence-corrected chi connectivity index (χ2v) is 4.53. The number of phenols is 2. The van der Waals surface area contributed by atoms with E-state index >= 15 is 0 Å². The van der Waals surface area contributed by atoms with Crippen molar-refractivity contribution in [2.45, 2.75) is 6.92 Å². The van der Waals surface area contributed by atoms with Gasteiger partial charge in [0.15, 0.2) is 0 Å². The Hall–Kier alpha value is -3.02. The predicted molar refractivity (Wildman–Crippen MR) is 75.9 cm³/mol. The van der Waals surface area contributed by atoms with Gasteiger partial charge in [0.2, 0.25) is 0 Å². The van der Waals surface area contributed by atoms with Gasteiger partial charge in [-0.15, -0.1) is 0 Å². The molecule has 0 bridgehead atoms. The van der Waals surface area contributed by atoms with Crippen LogP contribution in [0.15, 0.2) is 36.4 Å². The molecule has 0 aromatic heterocycles. The highest BCUT2D eigenvalue weighted by molar-refractivity contribution is 6.05. The third kappa shape index (κ3) is 3.30. The number of phenolic OH excluding ortho intramolecular Hbond substituents is 2. The van der Waals surface area contributed by atoms with E-state index in [2.05, 4.69) is 5.32 Å². The van der Waals surface area contributed by atoms with Crippen LogP contribution in [0.5, 0.6) is 11.5 Å². The lowest BCUT2D eigenvalue weighted by Crippen LogP contribution is -2.13. The summed E-state index contributed by atoms with van der Waals surface area (Å²) in [6, 6.07) is 7.87. The highest BCUT2D eigenvalue weighted by atomic mass is 16.4. The molecule has 4 N–H and O–H groups in total. The summed E-state index contributed by atoms with van der Waals surface area (Å²) >= 11 is 0. The minimum Gasteiger partial charge on any atom is -0.508 e. The number of anilines is 1. The number of aromatic hydroxyl groups is 2. The number of hydrogen-bond acceptors (Lipinski definition) is 4. The second-order valence-electron chi connectivity index (χ2n) is 4.53. The second kappa shape index (κ2) is 5.54. The van der Waals surface area contributed by atoms with E-state index in [9.17, 15) is 19.8 Å². The van der Waals surface area contributed by atoms with Gasteiger partial charge < -0.3 is 20.6 Å². The molecule has 0 atom stereocenters. The molecule has 0 saturated heterocycles. The smallest absolute Gasteiger partial charge is 0.335 e. The van der Waals surface area contributed by atoms with Crippen molar-refractivity contribution in [3.05, 3.63) is 53.1 Å². The van der Waals surface area contributed by atoms with E-state index in [1.54, 1.807) is 13.0 Å². The van der Waals surface area contributed by atoms with Crippen LogP contribution in [0.2, 0.25) is 0 Å². The first kappa shape index (κ1) is 14.4. The standard InChI is InChI=1S/C15H13NO5/c1-8-2-3-9(15(20)21)6-13(8)16-14(19)10-4-11(17)7-12(18)5-10/h2-7,17-18H,1H3,(H,16,19)(H,20,21). The van der Waals surface area contributed by atoms with Crippen LogP contribution >= 0.6 is 0 Å². The van der Waals surface area contributed by atoms with Gasteiger partial charge in [-0.25, -0.2) is 4.79 Å². The van der Waals surface area contributed by atoms with Crippen molar-refractivity contribution < 1.29 is 24.9 Å². The zero-order chi connectivity index (χ0) is 15.6. The Bertz CT molecular complexity index is 704. The number of carboxylic acid groups (broad SMARTS) is 1. The number of carbonyl (C=O) groups is 2. The van der Waals surface area contributed by atoms with Crippen LogP contribution in [-0.2, 0) is 0 Å². The molecule has 2 aromatic carbocycles. The quantitative estimate of drug-likeness (QED) is 0.693. The fourth-order valence-corrected chi connectivity index (χ4v) is 1.81. The molecule has 0 spiro atoms. The number of carboxylic acids is 1. The molecule has 2 rings (SSSR count). The number of rotatable bonds is 3. The van der Waals surface area contributed by atoms with Crippen LogP contribution in [0, 0.1) is 6.92 Å². The molecule has 0 heterocycles. The molecule has 0 unspecified atom stereocenters. The lowest BCUT2D eigenvalue weighted by atomic mass is 10.1. The maximum atomic E-state index is 12.1. The van der Waals surface area contributed by atoms with Crippen molar-refractivity contribution in [3.8, 4) is 11.5 Å². The number of hydrogen-bond donors (Lipinski definition) is 4. The predicted octanol–water partition coefficient (Wildman–Crippen LogP) is 2.36. The Morgan fingerprint density at radius 2 is 1.57 bits per heavy atom. The van der Waals surface area contributed by atoms with Crippen LogP contribution in [0.4, 0.5) is 5.69 Å². The molecule has 0 radical (unpaired) electrons. The van der Waals surface area contributed by atoms with Gasteiger partial charge in [-0.1, -0.05) is 6.07 Å². The highest BCUT2D eigenvalue weighted by Gasteiger charge is 2.12. The van der Waals surface area contributed by atoms with Gasteiger partial charge in [0, 0.05) is 17.3 Å². The van der Waals surface area contributed by atoms with Crippen molar-refractivity contribution in [2.24, 2.45) is 0 Å². The maximum Gasteiger partial charge on any atom is 0.335 e. The number of aryl methyl sites for hydroxylation is 1. The number of carbonyl (C=O) groups excluding carboxylic acids is 1. The molecule has 2 aromatic rings. The summed E-state index contributed by atoms with van der Waals surface area (Å²) in [6.07, 6.45) is 0. The normalized spacial score (nSPS) is 10.1. The summed E-state index contributed by atoms with van der Waals surface area (Å²) < 4.78 is 0. The van der Waals surface area contributed by atoms with Gasteiger partial charge in [0.25, 0.3) is 5.91 Å². The van der Waals surface area contributed by atoms with Gasteiger partial charge in [-0.05, 0) is 36.8 Å². The first-order chi connectivity index (χ1) is 9.86. The number of benzene rings is 2. The van der Waals surface area contributed by atoms with Crippen LogP contribution in [0.25, 0.3) is 0 Å². The first-order valence-electron chi connectivity index (χ1n) is 6.05. The molecule has 0 aliphatic rings. The van der Waals surface area contributed by atoms with Gasteiger partial charge in [-0.2, -0.15) is 0 Å². The van der Waals surface area contributed by atoms with Crippen molar-refractivity contribution in [3.63, 3.8) is 0 Å². The molecular formula is C15H13NO5. The van der Waals surface area contributed by atoms with Crippen molar-refractivity contribution >= 4 is 17.6 Å². The van der Waals surface area contributed by atoms with Crippen LogP contribution in [0.3, 0.4) is 0 Å². The van der Waals surface area contributed by atoms with E-state index in [1.807, 2.05) is 0 Å². The Morgan fingerprint density at radius 1 is 0.952 bits per heavy atom. The molecule has 108 valence electrons. The molecule has 0 aliphatic heterocycles. The highest BCUT2D eigenvalue weighted by Crippen LogP contribution is 2.22. The van der Waals surface area contributed by atoms with Gasteiger partial charge >= 0.3 is 5.97 Å². The Morgan fingerprint density at radius 3 is 2.14 bits per heavy atom. The maximum absolute atomic E-state index is 12.1. The summed E-state index contributed by atoms with van der Waals surface area (Å²) in [7, 11) is 0. The van der Waals surface area contributed by atoms with E-state index in [0.29, 0.717) is 11.3 Å². The van der Waals surface area contributed by atoms with E-state index < -0.39 is 11.9 Å². The number of nitrogens with one attached hydrogen (secondary N) is 1. The van der Waals surface area contributed by atoms with Crippen LogP contribution < -0.4 is 5.32 Å². The van der Waals surface area contributed by atoms with E-state index in [4.69, 9.17) is 5.11 Å². The van der Waals surface area contributed by atoms with E-state index in [0.717, 1.165) is 6.07 Å². The molecule has 0 aliphatic carbocycles. The zero-order valence-electron chi connectivity index (χ0n) is 11.1. The van der Waals surface area contributed by atoms with Crippen molar-refractivity contribution in [1.82, 2.24) is 0 Å². The van der Waals surface area contributed by atoms with Gasteiger partial charge in [0.1, 0.15) is 11.5 Å². The third-order valence-electron chi connectivity index (χ3n) is 2.90. The molecule has 0 fully saturated rings. The summed E-state index contributed by atoms with van der Waals surface area (Å²) in [6.45, 7) is 1.72. The third-order valence-corrected chi connectivity index (χ3v) is 2.90. The number of amides is 1. The lowest BCUT2D eigenvalue weighted by Gasteiger charge is -2.10. The topological polar surface area (TPSA) is 107 Å². The van der Waals surface area contributed by atoms with Gasteiger partial charge in [-0.3, -0.25) is 4.79 Å². The van der Waals surface area contributed by atoms with Gasteiger partial charge in [0.05, 0.1) is 5.56 Å². The van der Waals surface area contributed by atoms with Crippen LogP contribution in [-0.4, -0.2) is 27.2 Å². The molecule has 1 amide bonds. The Kier molecular flexibility index (Phi) is 3.80. The molecular weight excluding hydrogens is 274 g/mol. The summed E-state index contributed by atoms with van der Waals surface area (Å²) in [4.78, 5) is 23.0. The average Bonchev–Trinajstić information content (AvgIpc) is 2.39. The summed E-state index contributed by atoms with van der Waals surface area (Å²) in [5, 5.41) is 30.2. The summed E-state index contributed by atoms with van der Waals surface area (Å²) in [5.74, 6) is -2.14. The fourth-order valence-electron chi connectivity index (χ4n) is 1.81. The summed E-state index contributed by atoms with van der Waals surface area (Å²) in [5.41, 5.74) is 1.16. The Balaban J connectivity index is 2.31. The SMILES string of the molecule is Cc1ccc(C(=O)O)cc1NC(=O)c1cc(O)cc(O)c1. The Labute approximate surface area is 120 Å². The lowest BCUT2D eigenvalue weighted by molar-refractivity contribution is 0.0696.